The molecule has 0 atom stereocenters. The van der Waals surface area contributed by atoms with Gasteiger partial charge in [-0.15, -0.1) is 0 Å². The number of anilines is 1. The zero-order valence-corrected chi connectivity index (χ0v) is 15.4. The molecule has 2 aromatic carbocycles. The Balaban J connectivity index is 1.61. The van der Waals surface area contributed by atoms with Crippen LogP contribution in [0.3, 0.4) is 0 Å². The van der Waals surface area contributed by atoms with Crippen molar-refractivity contribution in [2.45, 2.75) is 11.1 Å². The molecule has 0 unspecified atom stereocenters. The maximum absolute atomic E-state index is 12.8. The van der Waals surface area contributed by atoms with Gasteiger partial charge < -0.3 is 0 Å². The third kappa shape index (κ3) is 3.79. The average Bonchev–Trinajstić information content (AvgIpc) is 3.18. The van der Waals surface area contributed by atoms with Crippen LogP contribution in [0.25, 0.3) is 16.6 Å². The third-order valence-electron chi connectivity index (χ3n) is 4.15. The van der Waals surface area contributed by atoms with E-state index in [0.717, 1.165) is 10.7 Å². The highest BCUT2D eigenvalue weighted by molar-refractivity contribution is 7.93. The molecule has 0 aliphatic carbocycles. The van der Waals surface area contributed by atoms with Crippen molar-refractivity contribution in [1.82, 2.24) is 14.8 Å². The second kappa shape index (κ2) is 6.89. The van der Waals surface area contributed by atoms with Crippen molar-refractivity contribution in [3.05, 3.63) is 78.8 Å². The van der Waals surface area contributed by atoms with Crippen LogP contribution in [0.5, 0.6) is 0 Å². The Morgan fingerprint density at radius 1 is 0.931 bits per heavy atom. The minimum Gasteiger partial charge on any atom is -0.280 e. The van der Waals surface area contributed by atoms with Crippen LogP contribution in [0, 0.1) is 0 Å². The smallest absolute Gasteiger partial charge is 0.280 e. The summed E-state index contributed by atoms with van der Waals surface area (Å²) in [4.78, 5) is 4.17. The molecule has 4 rings (SSSR count). The van der Waals surface area contributed by atoms with Crippen LogP contribution in [0.4, 0.5) is 18.9 Å². The SMILES string of the molecule is O=S(=O)(Nc1ccc(-n2ccc(C(F)(F)F)n2)cc1)c1cccc2cccnc12. The molecule has 0 aliphatic rings. The van der Waals surface area contributed by atoms with Crippen molar-refractivity contribution in [2.75, 3.05) is 4.72 Å². The lowest BCUT2D eigenvalue weighted by Crippen LogP contribution is -2.13. The lowest BCUT2D eigenvalue weighted by atomic mass is 10.2. The maximum Gasteiger partial charge on any atom is 0.435 e. The summed E-state index contributed by atoms with van der Waals surface area (Å²) >= 11 is 0. The number of para-hydroxylation sites is 1. The summed E-state index contributed by atoms with van der Waals surface area (Å²) in [5, 5.41) is 4.17. The number of sulfonamides is 1. The molecule has 0 aliphatic heterocycles. The number of fused-ring (bicyclic) bond motifs is 1. The van der Waals surface area contributed by atoms with Gasteiger partial charge >= 0.3 is 6.18 Å². The van der Waals surface area contributed by atoms with Crippen LogP contribution in [0.1, 0.15) is 5.69 Å². The fourth-order valence-corrected chi connectivity index (χ4v) is 4.04. The highest BCUT2D eigenvalue weighted by atomic mass is 32.2. The van der Waals surface area contributed by atoms with E-state index in [0.29, 0.717) is 16.6 Å². The summed E-state index contributed by atoms with van der Waals surface area (Å²) in [5.74, 6) is 0. The number of halogens is 3. The number of hydrogen-bond acceptors (Lipinski definition) is 4. The highest BCUT2D eigenvalue weighted by Gasteiger charge is 2.33. The summed E-state index contributed by atoms with van der Waals surface area (Å²) in [6.45, 7) is 0. The molecule has 2 heterocycles. The molecule has 29 heavy (non-hydrogen) atoms. The normalized spacial score (nSPS) is 12.2. The molecule has 0 saturated carbocycles. The Hall–Kier alpha value is -3.40. The summed E-state index contributed by atoms with van der Waals surface area (Å²) < 4.78 is 67.1. The zero-order chi connectivity index (χ0) is 20.6. The fourth-order valence-electron chi connectivity index (χ4n) is 2.80. The third-order valence-corrected chi connectivity index (χ3v) is 5.56. The Labute approximate surface area is 163 Å². The lowest BCUT2D eigenvalue weighted by Gasteiger charge is -2.10. The predicted octanol–water partition coefficient (Wildman–Crippen LogP) is 4.24. The molecule has 0 fully saturated rings. The van der Waals surface area contributed by atoms with E-state index in [2.05, 4.69) is 14.8 Å². The first kappa shape index (κ1) is 18.9. The van der Waals surface area contributed by atoms with Gasteiger partial charge in [-0.2, -0.15) is 18.3 Å². The van der Waals surface area contributed by atoms with E-state index in [9.17, 15) is 21.6 Å². The van der Waals surface area contributed by atoms with E-state index in [1.54, 1.807) is 24.3 Å². The van der Waals surface area contributed by atoms with Gasteiger partial charge in [0.25, 0.3) is 10.0 Å². The van der Waals surface area contributed by atoms with Crippen molar-refractivity contribution in [3.63, 3.8) is 0 Å². The first-order chi connectivity index (χ1) is 13.7. The predicted molar refractivity (Wildman–Crippen MR) is 101 cm³/mol. The van der Waals surface area contributed by atoms with Crippen molar-refractivity contribution >= 4 is 26.6 Å². The van der Waals surface area contributed by atoms with Gasteiger partial charge in [0, 0.05) is 23.5 Å². The molecule has 0 amide bonds. The average molecular weight is 418 g/mol. The molecule has 10 heteroatoms. The monoisotopic (exact) mass is 418 g/mol. The second-order valence-corrected chi connectivity index (χ2v) is 7.78. The molecular formula is C19H13F3N4O2S. The maximum atomic E-state index is 12.8. The van der Waals surface area contributed by atoms with Crippen molar-refractivity contribution < 1.29 is 21.6 Å². The molecule has 0 bridgehead atoms. The Morgan fingerprint density at radius 2 is 1.66 bits per heavy atom. The van der Waals surface area contributed by atoms with Crippen LogP contribution in [-0.2, 0) is 16.2 Å². The molecule has 0 saturated heterocycles. The number of nitrogens with one attached hydrogen (secondary N) is 1. The largest absolute Gasteiger partial charge is 0.435 e. The minimum atomic E-state index is -4.53. The molecule has 0 spiro atoms. The second-order valence-electron chi connectivity index (χ2n) is 6.13. The number of hydrogen-bond donors (Lipinski definition) is 1. The first-order valence-corrected chi connectivity index (χ1v) is 9.82. The van der Waals surface area contributed by atoms with E-state index in [4.69, 9.17) is 0 Å². The van der Waals surface area contributed by atoms with Crippen molar-refractivity contribution in [1.29, 1.82) is 0 Å². The Kier molecular flexibility index (Phi) is 4.50. The van der Waals surface area contributed by atoms with Gasteiger partial charge in [-0.1, -0.05) is 18.2 Å². The van der Waals surface area contributed by atoms with Crippen molar-refractivity contribution in [2.24, 2.45) is 0 Å². The lowest BCUT2D eigenvalue weighted by molar-refractivity contribution is -0.141. The van der Waals surface area contributed by atoms with Crippen LogP contribution in [0.15, 0.2) is 78.0 Å². The summed E-state index contributed by atoms with van der Waals surface area (Å²) in [5.41, 5.74) is -0.0544. The summed E-state index contributed by atoms with van der Waals surface area (Å²) in [6.07, 6.45) is -1.84. The molecule has 1 N–H and O–H groups in total. The van der Waals surface area contributed by atoms with Gasteiger partial charge in [-0.05, 0) is 42.5 Å². The number of rotatable bonds is 4. The number of aromatic nitrogens is 3. The van der Waals surface area contributed by atoms with E-state index in [1.807, 2.05) is 0 Å². The van der Waals surface area contributed by atoms with E-state index >= 15 is 0 Å². The standard InChI is InChI=1S/C19H13F3N4O2S/c20-19(21,22)17-10-12-26(24-17)15-8-6-14(7-9-15)25-29(27,28)16-5-1-3-13-4-2-11-23-18(13)16/h1-12,25H. The van der Waals surface area contributed by atoms with Gasteiger partial charge in [0.05, 0.1) is 11.2 Å². The number of nitrogens with zero attached hydrogens (tertiary/aromatic N) is 3. The molecular weight excluding hydrogens is 405 g/mol. The van der Waals surface area contributed by atoms with Gasteiger partial charge in [0.2, 0.25) is 0 Å². The Morgan fingerprint density at radius 3 is 2.34 bits per heavy atom. The van der Waals surface area contributed by atoms with E-state index < -0.39 is 21.9 Å². The van der Waals surface area contributed by atoms with Crippen LogP contribution in [0.2, 0.25) is 0 Å². The summed E-state index contributed by atoms with van der Waals surface area (Å²) in [6, 6.07) is 15.0. The van der Waals surface area contributed by atoms with Crippen LogP contribution < -0.4 is 4.72 Å². The molecule has 2 aromatic heterocycles. The van der Waals surface area contributed by atoms with Crippen LogP contribution >= 0.6 is 0 Å². The zero-order valence-electron chi connectivity index (χ0n) is 14.6. The number of benzene rings is 2. The quantitative estimate of drug-likeness (QED) is 0.538. The van der Waals surface area contributed by atoms with E-state index in [1.165, 1.54) is 42.7 Å². The number of pyridine rings is 1. The fraction of sp³-hybridized carbons (Fsp3) is 0.0526. The van der Waals surface area contributed by atoms with Gasteiger partial charge in [0.1, 0.15) is 4.90 Å². The molecule has 4 aromatic rings. The van der Waals surface area contributed by atoms with Crippen molar-refractivity contribution in [3.8, 4) is 5.69 Å². The highest BCUT2D eigenvalue weighted by Crippen LogP contribution is 2.28. The number of alkyl halides is 3. The molecule has 0 radical (unpaired) electrons. The minimum absolute atomic E-state index is 0.0292. The van der Waals surface area contributed by atoms with E-state index in [-0.39, 0.29) is 10.6 Å². The van der Waals surface area contributed by atoms with Gasteiger partial charge in [-0.25, -0.2) is 13.1 Å². The Bertz CT molecular complexity index is 1280. The molecule has 6 nitrogen and oxygen atoms in total. The topological polar surface area (TPSA) is 76.9 Å². The summed E-state index contributed by atoms with van der Waals surface area (Å²) in [7, 11) is -3.92. The van der Waals surface area contributed by atoms with Gasteiger partial charge in [0.15, 0.2) is 5.69 Å². The van der Waals surface area contributed by atoms with Gasteiger partial charge in [-0.3, -0.25) is 9.71 Å². The molecule has 148 valence electrons. The van der Waals surface area contributed by atoms with Crippen LogP contribution in [-0.4, -0.2) is 23.2 Å². The first-order valence-electron chi connectivity index (χ1n) is 8.34.